The first kappa shape index (κ1) is 16.5. The van der Waals surface area contributed by atoms with Crippen LogP contribution < -0.4 is 5.32 Å². The molecule has 2 fully saturated rings. The first-order valence-corrected chi connectivity index (χ1v) is 8.95. The summed E-state index contributed by atoms with van der Waals surface area (Å²) in [5, 5.41) is 12.5. The molecule has 3 rings (SSSR count). The van der Waals surface area contributed by atoms with Crippen molar-refractivity contribution in [2.24, 2.45) is 5.92 Å². The zero-order valence-electron chi connectivity index (χ0n) is 13.8. The Hall–Kier alpha value is -1.39. The van der Waals surface area contributed by atoms with E-state index in [1.54, 1.807) is 0 Å². The fourth-order valence-corrected chi connectivity index (χ4v) is 3.92. The second-order valence-electron chi connectivity index (χ2n) is 7.02. The van der Waals surface area contributed by atoms with Crippen LogP contribution in [0.1, 0.15) is 44.1 Å². The van der Waals surface area contributed by atoms with E-state index >= 15 is 0 Å². The lowest BCUT2D eigenvalue weighted by Crippen LogP contribution is -2.47. The van der Waals surface area contributed by atoms with Crippen molar-refractivity contribution in [2.75, 3.05) is 13.2 Å². The minimum Gasteiger partial charge on any atom is -0.396 e. The smallest absolute Gasteiger partial charge is 0.237 e. The molecule has 1 aliphatic heterocycles. The Morgan fingerprint density at radius 3 is 2.57 bits per heavy atom. The average molecular weight is 316 g/mol. The number of carbonyl (C=O) groups excluding carboxylic acids is 1. The van der Waals surface area contributed by atoms with E-state index in [2.05, 4.69) is 34.5 Å². The number of nitrogens with one attached hydrogen (secondary N) is 1. The summed E-state index contributed by atoms with van der Waals surface area (Å²) in [4.78, 5) is 15.0. The maximum Gasteiger partial charge on any atom is 0.237 e. The Kier molecular flexibility index (Phi) is 5.68. The van der Waals surface area contributed by atoms with Gasteiger partial charge in [0, 0.05) is 19.2 Å². The molecule has 0 unspecified atom stereocenters. The third kappa shape index (κ3) is 4.33. The number of hydrogen-bond acceptors (Lipinski definition) is 3. The SMILES string of the molecule is O=C(NC1CCC(CO)CC1)[C@@H]1CCCN1Cc1ccccc1. The highest BCUT2D eigenvalue weighted by molar-refractivity contribution is 5.82. The Morgan fingerprint density at radius 2 is 1.87 bits per heavy atom. The van der Waals surface area contributed by atoms with Gasteiger partial charge >= 0.3 is 0 Å². The molecule has 1 heterocycles. The Bertz CT molecular complexity index is 497. The Labute approximate surface area is 138 Å². The van der Waals surface area contributed by atoms with Gasteiger partial charge in [-0.1, -0.05) is 30.3 Å². The monoisotopic (exact) mass is 316 g/mol. The molecule has 126 valence electrons. The van der Waals surface area contributed by atoms with E-state index in [9.17, 15) is 9.90 Å². The number of likely N-dealkylation sites (tertiary alicyclic amines) is 1. The van der Waals surface area contributed by atoms with Gasteiger partial charge in [-0.2, -0.15) is 0 Å². The van der Waals surface area contributed by atoms with Crippen molar-refractivity contribution in [2.45, 2.75) is 57.2 Å². The third-order valence-electron chi connectivity index (χ3n) is 5.35. The molecule has 0 aromatic heterocycles. The van der Waals surface area contributed by atoms with Gasteiger partial charge in [-0.25, -0.2) is 0 Å². The van der Waals surface area contributed by atoms with Crippen LogP contribution in [-0.2, 0) is 11.3 Å². The summed E-state index contributed by atoms with van der Waals surface area (Å²) in [6.07, 6.45) is 6.12. The largest absolute Gasteiger partial charge is 0.396 e. The predicted molar refractivity (Wildman–Crippen MR) is 90.8 cm³/mol. The van der Waals surface area contributed by atoms with Gasteiger partial charge in [0.25, 0.3) is 0 Å². The molecule has 0 radical (unpaired) electrons. The number of aliphatic hydroxyl groups is 1. The predicted octanol–water partition coefficient (Wildman–Crippen LogP) is 2.32. The van der Waals surface area contributed by atoms with E-state index in [4.69, 9.17) is 0 Å². The topological polar surface area (TPSA) is 52.6 Å². The first-order chi connectivity index (χ1) is 11.3. The van der Waals surface area contributed by atoms with Crippen molar-refractivity contribution in [1.82, 2.24) is 10.2 Å². The second kappa shape index (κ2) is 7.93. The van der Waals surface area contributed by atoms with Gasteiger partial charge in [-0.05, 0) is 56.6 Å². The summed E-state index contributed by atoms with van der Waals surface area (Å²) in [6.45, 7) is 2.15. The maximum atomic E-state index is 12.7. The van der Waals surface area contributed by atoms with Crippen LogP contribution in [0.5, 0.6) is 0 Å². The molecular weight excluding hydrogens is 288 g/mol. The first-order valence-electron chi connectivity index (χ1n) is 8.95. The van der Waals surface area contributed by atoms with Crippen LogP contribution in [0.4, 0.5) is 0 Å². The van der Waals surface area contributed by atoms with E-state index in [1.807, 2.05) is 6.07 Å². The molecule has 23 heavy (non-hydrogen) atoms. The minimum atomic E-state index is 0.0192. The number of hydrogen-bond donors (Lipinski definition) is 2. The van der Waals surface area contributed by atoms with Crippen molar-refractivity contribution in [3.8, 4) is 0 Å². The molecule has 1 amide bonds. The van der Waals surface area contributed by atoms with Crippen LogP contribution in [-0.4, -0.2) is 41.1 Å². The molecule has 1 atom stereocenters. The lowest BCUT2D eigenvalue weighted by molar-refractivity contribution is -0.126. The summed E-state index contributed by atoms with van der Waals surface area (Å²) in [6, 6.07) is 10.7. The average Bonchev–Trinajstić information content (AvgIpc) is 3.05. The highest BCUT2D eigenvalue weighted by Gasteiger charge is 2.32. The molecule has 0 spiro atoms. The van der Waals surface area contributed by atoms with Gasteiger partial charge in [0.05, 0.1) is 6.04 Å². The molecule has 4 heteroatoms. The van der Waals surface area contributed by atoms with Gasteiger partial charge in [0.15, 0.2) is 0 Å². The lowest BCUT2D eigenvalue weighted by Gasteiger charge is -2.30. The molecule has 2 N–H and O–H groups in total. The van der Waals surface area contributed by atoms with Gasteiger partial charge in [0.1, 0.15) is 0 Å². The van der Waals surface area contributed by atoms with Crippen LogP contribution in [0.25, 0.3) is 0 Å². The van der Waals surface area contributed by atoms with Crippen LogP contribution >= 0.6 is 0 Å². The summed E-state index contributed by atoms with van der Waals surface area (Å²) in [5.41, 5.74) is 1.27. The molecule has 1 aromatic rings. The van der Waals surface area contributed by atoms with Gasteiger partial charge < -0.3 is 10.4 Å². The second-order valence-corrected chi connectivity index (χ2v) is 7.02. The molecule has 0 bridgehead atoms. The third-order valence-corrected chi connectivity index (χ3v) is 5.35. The molecule has 2 aliphatic rings. The van der Waals surface area contributed by atoms with Gasteiger partial charge in [0.2, 0.25) is 5.91 Å². The molecule has 4 nitrogen and oxygen atoms in total. The number of carbonyl (C=O) groups is 1. The molecule has 1 saturated carbocycles. The molecule has 1 saturated heterocycles. The van der Waals surface area contributed by atoms with E-state index in [0.29, 0.717) is 12.0 Å². The minimum absolute atomic E-state index is 0.0192. The van der Waals surface area contributed by atoms with Crippen molar-refractivity contribution < 1.29 is 9.90 Å². The van der Waals surface area contributed by atoms with Crippen LogP contribution in [0.2, 0.25) is 0 Å². The van der Waals surface area contributed by atoms with Crippen LogP contribution in [0, 0.1) is 5.92 Å². The Morgan fingerprint density at radius 1 is 1.13 bits per heavy atom. The van der Waals surface area contributed by atoms with Gasteiger partial charge in [-0.3, -0.25) is 9.69 Å². The summed E-state index contributed by atoms with van der Waals surface area (Å²) >= 11 is 0. The fraction of sp³-hybridized carbons (Fsp3) is 0.632. The van der Waals surface area contributed by atoms with Crippen molar-refractivity contribution in [3.05, 3.63) is 35.9 Å². The Balaban J connectivity index is 1.52. The zero-order chi connectivity index (χ0) is 16.1. The fourth-order valence-electron chi connectivity index (χ4n) is 3.92. The molecular formula is C19H28N2O2. The quantitative estimate of drug-likeness (QED) is 0.876. The summed E-state index contributed by atoms with van der Waals surface area (Å²) in [7, 11) is 0. The highest BCUT2D eigenvalue weighted by atomic mass is 16.3. The number of amides is 1. The van der Waals surface area contributed by atoms with Crippen LogP contribution in [0.3, 0.4) is 0 Å². The number of aliphatic hydroxyl groups excluding tert-OH is 1. The van der Waals surface area contributed by atoms with Crippen molar-refractivity contribution in [3.63, 3.8) is 0 Å². The number of nitrogens with zero attached hydrogens (tertiary/aromatic N) is 1. The van der Waals surface area contributed by atoms with E-state index in [1.165, 1.54) is 5.56 Å². The number of benzene rings is 1. The van der Waals surface area contributed by atoms with Crippen LogP contribution in [0.15, 0.2) is 30.3 Å². The van der Waals surface area contributed by atoms with E-state index in [-0.39, 0.29) is 18.6 Å². The summed E-state index contributed by atoms with van der Waals surface area (Å²) in [5.74, 6) is 0.634. The van der Waals surface area contributed by atoms with Gasteiger partial charge in [-0.15, -0.1) is 0 Å². The number of rotatable bonds is 5. The normalized spacial score (nSPS) is 28.7. The molecule has 1 aromatic carbocycles. The standard InChI is InChI=1S/C19H28N2O2/c22-14-16-8-10-17(11-9-16)20-19(23)18-7-4-12-21(18)13-15-5-2-1-3-6-15/h1-3,5-6,16-18,22H,4,7-14H2,(H,20,23)/t16?,17?,18-/m0/s1. The van der Waals surface area contributed by atoms with E-state index in [0.717, 1.165) is 51.6 Å². The maximum absolute atomic E-state index is 12.7. The van der Waals surface area contributed by atoms with E-state index < -0.39 is 0 Å². The molecule has 1 aliphatic carbocycles. The van der Waals surface area contributed by atoms with Crippen molar-refractivity contribution >= 4 is 5.91 Å². The zero-order valence-corrected chi connectivity index (χ0v) is 13.8. The lowest BCUT2D eigenvalue weighted by atomic mass is 9.86. The highest BCUT2D eigenvalue weighted by Crippen LogP contribution is 2.25. The van der Waals surface area contributed by atoms with Crippen molar-refractivity contribution in [1.29, 1.82) is 0 Å². The summed E-state index contributed by atoms with van der Waals surface area (Å²) < 4.78 is 0.